The molecule has 0 unspecified atom stereocenters. The van der Waals surface area contributed by atoms with E-state index in [4.69, 9.17) is 9.15 Å². The molecule has 0 N–H and O–H groups in total. The zero-order valence-electron chi connectivity index (χ0n) is 10.7. The normalized spacial score (nSPS) is 10.8. The van der Waals surface area contributed by atoms with Crippen LogP contribution in [0.3, 0.4) is 0 Å². The van der Waals surface area contributed by atoms with Crippen LogP contribution in [0, 0.1) is 6.92 Å². The van der Waals surface area contributed by atoms with E-state index in [1.165, 1.54) is 0 Å². The lowest BCUT2D eigenvalue weighted by Crippen LogP contribution is -2.05. The van der Waals surface area contributed by atoms with Gasteiger partial charge in [-0.15, -0.1) is 0 Å². The minimum atomic E-state index is 0.700. The summed E-state index contributed by atoms with van der Waals surface area (Å²) in [7, 11) is 1.69. The van der Waals surface area contributed by atoms with E-state index in [9.17, 15) is 4.79 Å². The van der Waals surface area contributed by atoms with Crippen molar-refractivity contribution in [3.63, 3.8) is 0 Å². The van der Waals surface area contributed by atoms with Crippen molar-refractivity contribution in [2.75, 3.05) is 13.7 Å². The number of aldehydes is 1. The number of carbonyl (C=O) groups excluding carboxylic acids is 1. The molecule has 0 radical (unpaired) electrons. The Balaban J connectivity index is 2.35. The predicted molar refractivity (Wildman–Crippen MR) is 68.8 cm³/mol. The van der Waals surface area contributed by atoms with Crippen molar-refractivity contribution in [2.45, 2.75) is 19.9 Å². The number of rotatable bonds is 6. The second-order valence-electron chi connectivity index (χ2n) is 4.16. The Morgan fingerprint density at radius 2 is 2.33 bits per heavy atom. The van der Waals surface area contributed by atoms with Crippen molar-refractivity contribution in [3.05, 3.63) is 35.7 Å². The third-order valence-corrected chi connectivity index (χ3v) is 3.04. The van der Waals surface area contributed by atoms with Crippen LogP contribution in [-0.4, -0.2) is 24.6 Å². The summed E-state index contributed by atoms with van der Waals surface area (Å²) < 4.78 is 12.6. The summed E-state index contributed by atoms with van der Waals surface area (Å²) in [4.78, 5) is 11.0. The van der Waals surface area contributed by atoms with Gasteiger partial charge in [-0.3, -0.25) is 4.79 Å². The molecule has 0 amide bonds. The second-order valence-corrected chi connectivity index (χ2v) is 4.16. The first-order valence-electron chi connectivity index (χ1n) is 5.96. The van der Waals surface area contributed by atoms with Gasteiger partial charge < -0.3 is 13.7 Å². The molecule has 4 nitrogen and oxygen atoms in total. The lowest BCUT2D eigenvalue weighted by atomic mass is 10.2. The molecule has 2 aromatic heterocycles. The molecular weight excluding hydrogens is 230 g/mol. The number of methoxy groups -OCH3 is 1. The van der Waals surface area contributed by atoms with Gasteiger partial charge in [-0.05, 0) is 31.5 Å². The van der Waals surface area contributed by atoms with Gasteiger partial charge in [0, 0.05) is 31.5 Å². The average Bonchev–Trinajstić information content (AvgIpc) is 2.99. The summed E-state index contributed by atoms with van der Waals surface area (Å²) in [5, 5.41) is 0. The van der Waals surface area contributed by atoms with E-state index in [0.717, 1.165) is 36.4 Å². The highest BCUT2D eigenvalue weighted by molar-refractivity contribution is 5.80. The van der Waals surface area contributed by atoms with Crippen LogP contribution in [0.4, 0.5) is 0 Å². The summed E-state index contributed by atoms with van der Waals surface area (Å²) in [6.45, 7) is 3.46. The highest BCUT2D eigenvalue weighted by Gasteiger charge is 2.14. The molecule has 0 aromatic carbocycles. The first-order chi connectivity index (χ1) is 8.77. The molecule has 0 fully saturated rings. The Kier molecular flexibility index (Phi) is 3.99. The molecule has 18 heavy (non-hydrogen) atoms. The number of carbonyl (C=O) groups is 1. The van der Waals surface area contributed by atoms with E-state index in [1.54, 1.807) is 13.4 Å². The number of hydrogen-bond acceptors (Lipinski definition) is 3. The van der Waals surface area contributed by atoms with Gasteiger partial charge in [0.2, 0.25) is 0 Å². The van der Waals surface area contributed by atoms with Crippen LogP contribution in [0.1, 0.15) is 22.5 Å². The first kappa shape index (κ1) is 12.6. The first-order valence-corrected chi connectivity index (χ1v) is 5.96. The van der Waals surface area contributed by atoms with Crippen LogP contribution in [0.2, 0.25) is 0 Å². The van der Waals surface area contributed by atoms with Gasteiger partial charge in [0.1, 0.15) is 5.76 Å². The SMILES string of the molecule is COCCCn1c(-c2ccco2)cc(C=O)c1C. The summed E-state index contributed by atoms with van der Waals surface area (Å²) in [5.41, 5.74) is 2.61. The maximum atomic E-state index is 11.0. The summed E-state index contributed by atoms with van der Waals surface area (Å²) in [5.74, 6) is 0.781. The molecular formula is C14H17NO3. The number of ether oxygens (including phenoxy) is 1. The highest BCUT2D eigenvalue weighted by atomic mass is 16.5. The van der Waals surface area contributed by atoms with E-state index in [1.807, 2.05) is 25.1 Å². The lowest BCUT2D eigenvalue weighted by molar-refractivity contribution is 0.112. The summed E-state index contributed by atoms with van der Waals surface area (Å²) in [6.07, 6.45) is 3.42. The van der Waals surface area contributed by atoms with Crippen LogP contribution < -0.4 is 0 Å². The lowest BCUT2D eigenvalue weighted by Gasteiger charge is -2.09. The second kappa shape index (κ2) is 5.69. The Morgan fingerprint density at radius 1 is 1.50 bits per heavy atom. The molecule has 4 heteroatoms. The molecule has 0 aliphatic carbocycles. The van der Waals surface area contributed by atoms with Crippen molar-refractivity contribution in [1.82, 2.24) is 4.57 Å². The maximum absolute atomic E-state index is 11.0. The fourth-order valence-electron chi connectivity index (χ4n) is 2.07. The van der Waals surface area contributed by atoms with E-state index in [0.29, 0.717) is 12.2 Å². The van der Waals surface area contributed by atoms with E-state index < -0.39 is 0 Å². The number of nitrogens with zero attached hydrogens (tertiary/aromatic N) is 1. The summed E-state index contributed by atoms with van der Waals surface area (Å²) in [6, 6.07) is 5.61. The van der Waals surface area contributed by atoms with Crippen LogP contribution in [-0.2, 0) is 11.3 Å². The fourth-order valence-corrected chi connectivity index (χ4v) is 2.07. The standard InChI is InChI=1S/C14H17NO3/c1-11-12(10-16)9-13(14-5-3-8-18-14)15(11)6-4-7-17-2/h3,5,8-10H,4,6-7H2,1-2H3. The number of furan rings is 1. The molecule has 0 atom stereocenters. The van der Waals surface area contributed by atoms with Crippen molar-refractivity contribution in [2.24, 2.45) is 0 Å². The zero-order valence-corrected chi connectivity index (χ0v) is 10.7. The van der Waals surface area contributed by atoms with Gasteiger partial charge in [-0.1, -0.05) is 0 Å². The minimum absolute atomic E-state index is 0.700. The Morgan fingerprint density at radius 3 is 2.94 bits per heavy atom. The van der Waals surface area contributed by atoms with Crippen LogP contribution in [0.5, 0.6) is 0 Å². The summed E-state index contributed by atoms with van der Waals surface area (Å²) >= 11 is 0. The molecule has 2 aromatic rings. The van der Waals surface area contributed by atoms with E-state index in [2.05, 4.69) is 4.57 Å². The van der Waals surface area contributed by atoms with Gasteiger partial charge in [0.15, 0.2) is 6.29 Å². The molecule has 0 aliphatic rings. The Labute approximate surface area is 106 Å². The maximum Gasteiger partial charge on any atom is 0.151 e. The molecule has 2 heterocycles. The number of aromatic nitrogens is 1. The number of hydrogen-bond donors (Lipinski definition) is 0. The van der Waals surface area contributed by atoms with Gasteiger partial charge in [0.05, 0.1) is 12.0 Å². The van der Waals surface area contributed by atoms with Gasteiger partial charge in [-0.25, -0.2) is 0 Å². The molecule has 0 spiro atoms. The highest BCUT2D eigenvalue weighted by Crippen LogP contribution is 2.25. The monoisotopic (exact) mass is 247 g/mol. The van der Waals surface area contributed by atoms with Gasteiger partial charge >= 0.3 is 0 Å². The predicted octanol–water partition coefficient (Wildman–Crippen LogP) is 2.91. The van der Waals surface area contributed by atoms with Gasteiger partial charge in [-0.2, -0.15) is 0 Å². The average molecular weight is 247 g/mol. The molecule has 0 aliphatic heterocycles. The quantitative estimate of drug-likeness (QED) is 0.582. The Bertz CT molecular complexity index is 511. The van der Waals surface area contributed by atoms with Gasteiger partial charge in [0.25, 0.3) is 0 Å². The minimum Gasteiger partial charge on any atom is -0.463 e. The van der Waals surface area contributed by atoms with E-state index in [-0.39, 0.29) is 0 Å². The fraction of sp³-hybridized carbons (Fsp3) is 0.357. The largest absolute Gasteiger partial charge is 0.463 e. The zero-order chi connectivity index (χ0) is 13.0. The van der Waals surface area contributed by atoms with Crippen LogP contribution in [0.25, 0.3) is 11.5 Å². The van der Waals surface area contributed by atoms with Crippen LogP contribution >= 0.6 is 0 Å². The van der Waals surface area contributed by atoms with Crippen molar-refractivity contribution in [1.29, 1.82) is 0 Å². The molecule has 0 saturated carbocycles. The Hall–Kier alpha value is -1.81. The molecule has 2 rings (SSSR count). The third kappa shape index (κ3) is 2.38. The molecule has 0 saturated heterocycles. The van der Waals surface area contributed by atoms with Crippen molar-refractivity contribution < 1.29 is 13.9 Å². The topological polar surface area (TPSA) is 44.4 Å². The molecule has 96 valence electrons. The third-order valence-electron chi connectivity index (χ3n) is 3.04. The van der Waals surface area contributed by atoms with Crippen molar-refractivity contribution >= 4 is 6.29 Å². The van der Waals surface area contributed by atoms with E-state index >= 15 is 0 Å². The van der Waals surface area contributed by atoms with Crippen molar-refractivity contribution in [3.8, 4) is 11.5 Å². The van der Waals surface area contributed by atoms with Crippen LogP contribution in [0.15, 0.2) is 28.9 Å². The smallest absolute Gasteiger partial charge is 0.151 e. The molecule has 0 bridgehead atoms.